The molecule has 0 aliphatic heterocycles. The number of nitrogens with zero attached hydrogens (tertiary/aromatic N) is 2. The average Bonchev–Trinajstić information content (AvgIpc) is 2.57. The first-order valence-corrected chi connectivity index (χ1v) is 7.53. The Morgan fingerprint density at radius 3 is 2.40 bits per heavy atom. The van der Waals surface area contributed by atoms with E-state index in [0.717, 1.165) is 12.1 Å². The number of amides is 2. The van der Waals surface area contributed by atoms with Crippen LogP contribution in [0.4, 0.5) is 14.5 Å². The second-order valence-electron chi connectivity index (χ2n) is 5.55. The van der Waals surface area contributed by atoms with Gasteiger partial charge in [-0.25, -0.2) is 13.8 Å². The number of rotatable bonds is 6. The zero-order valence-corrected chi connectivity index (χ0v) is 13.8. The average molecular weight is 348 g/mol. The summed E-state index contributed by atoms with van der Waals surface area (Å²) in [6, 6.07) is 7.18. The van der Waals surface area contributed by atoms with E-state index in [4.69, 9.17) is 0 Å². The topological polar surface area (TPSA) is 74.3 Å². The van der Waals surface area contributed by atoms with Crippen molar-refractivity contribution in [3.05, 3.63) is 59.4 Å². The van der Waals surface area contributed by atoms with Crippen LogP contribution in [0.1, 0.15) is 21.0 Å². The van der Waals surface area contributed by atoms with Gasteiger partial charge in [0.1, 0.15) is 23.0 Å². The minimum absolute atomic E-state index is 0.0519. The van der Waals surface area contributed by atoms with Crippen LogP contribution < -0.4 is 10.6 Å². The zero-order valence-electron chi connectivity index (χ0n) is 13.8. The van der Waals surface area contributed by atoms with Gasteiger partial charge in [0.15, 0.2) is 0 Å². The SMILES string of the molecule is CN(C)CCNC(=O)c1cccc(C(=O)Nc2ccc(F)cc2F)n1. The van der Waals surface area contributed by atoms with Crippen LogP contribution in [0.5, 0.6) is 0 Å². The molecule has 132 valence electrons. The number of anilines is 1. The van der Waals surface area contributed by atoms with E-state index >= 15 is 0 Å². The van der Waals surface area contributed by atoms with Gasteiger partial charge in [-0.1, -0.05) is 6.07 Å². The molecule has 0 saturated heterocycles. The molecule has 0 unspecified atom stereocenters. The van der Waals surface area contributed by atoms with E-state index in [1.807, 2.05) is 19.0 Å². The van der Waals surface area contributed by atoms with E-state index in [-0.39, 0.29) is 17.1 Å². The summed E-state index contributed by atoms with van der Waals surface area (Å²) in [7, 11) is 3.76. The Morgan fingerprint density at radius 1 is 1.08 bits per heavy atom. The van der Waals surface area contributed by atoms with E-state index in [9.17, 15) is 18.4 Å². The van der Waals surface area contributed by atoms with Crippen molar-refractivity contribution >= 4 is 17.5 Å². The van der Waals surface area contributed by atoms with Gasteiger partial charge >= 0.3 is 0 Å². The fourth-order valence-corrected chi connectivity index (χ4v) is 1.95. The summed E-state index contributed by atoms with van der Waals surface area (Å²) in [5.41, 5.74) is -0.149. The number of carbonyl (C=O) groups is 2. The van der Waals surface area contributed by atoms with Gasteiger partial charge in [0.2, 0.25) is 0 Å². The van der Waals surface area contributed by atoms with Crippen molar-refractivity contribution in [3.8, 4) is 0 Å². The van der Waals surface area contributed by atoms with Crippen molar-refractivity contribution in [2.45, 2.75) is 0 Å². The molecule has 2 rings (SSSR count). The summed E-state index contributed by atoms with van der Waals surface area (Å²) >= 11 is 0. The normalized spacial score (nSPS) is 10.6. The molecule has 0 spiro atoms. The third-order valence-electron chi connectivity index (χ3n) is 3.24. The van der Waals surface area contributed by atoms with Gasteiger partial charge in [-0.3, -0.25) is 9.59 Å². The van der Waals surface area contributed by atoms with Gasteiger partial charge in [0, 0.05) is 19.2 Å². The number of hydrogen-bond donors (Lipinski definition) is 2. The van der Waals surface area contributed by atoms with E-state index in [1.165, 1.54) is 18.2 Å². The number of aromatic nitrogens is 1. The first-order valence-electron chi connectivity index (χ1n) is 7.53. The molecular weight excluding hydrogens is 330 g/mol. The highest BCUT2D eigenvalue weighted by atomic mass is 19.1. The van der Waals surface area contributed by atoms with Crippen LogP contribution in [0.15, 0.2) is 36.4 Å². The van der Waals surface area contributed by atoms with Gasteiger partial charge < -0.3 is 15.5 Å². The summed E-state index contributed by atoms with van der Waals surface area (Å²) in [6.45, 7) is 1.10. The Kier molecular flexibility index (Phi) is 6.13. The first-order chi connectivity index (χ1) is 11.9. The fourth-order valence-electron chi connectivity index (χ4n) is 1.95. The van der Waals surface area contributed by atoms with E-state index < -0.39 is 23.4 Å². The minimum Gasteiger partial charge on any atom is -0.349 e. The van der Waals surface area contributed by atoms with E-state index in [0.29, 0.717) is 19.2 Å². The zero-order chi connectivity index (χ0) is 18.4. The van der Waals surface area contributed by atoms with Gasteiger partial charge in [-0.15, -0.1) is 0 Å². The van der Waals surface area contributed by atoms with E-state index in [1.54, 1.807) is 0 Å². The number of carbonyl (C=O) groups excluding carboxylic acids is 2. The predicted octanol–water partition coefficient (Wildman–Crippen LogP) is 1.90. The Labute approximate surface area is 143 Å². The van der Waals surface area contributed by atoms with Crippen molar-refractivity contribution in [3.63, 3.8) is 0 Å². The Balaban J connectivity index is 2.06. The van der Waals surface area contributed by atoms with Crippen molar-refractivity contribution in [2.24, 2.45) is 0 Å². The first kappa shape index (κ1) is 18.5. The maximum atomic E-state index is 13.6. The quantitative estimate of drug-likeness (QED) is 0.836. The highest BCUT2D eigenvalue weighted by Gasteiger charge is 2.14. The molecule has 2 N–H and O–H groups in total. The second kappa shape index (κ2) is 8.29. The molecule has 0 fully saturated rings. The second-order valence-corrected chi connectivity index (χ2v) is 5.55. The number of nitrogens with one attached hydrogen (secondary N) is 2. The lowest BCUT2D eigenvalue weighted by Gasteiger charge is -2.10. The summed E-state index contributed by atoms with van der Waals surface area (Å²) in [5, 5.41) is 4.98. The maximum absolute atomic E-state index is 13.6. The molecule has 0 aliphatic carbocycles. The monoisotopic (exact) mass is 348 g/mol. The minimum atomic E-state index is -0.897. The molecule has 0 bridgehead atoms. The maximum Gasteiger partial charge on any atom is 0.274 e. The Morgan fingerprint density at radius 2 is 1.76 bits per heavy atom. The molecule has 2 amide bonds. The molecule has 0 radical (unpaired) electrons. The smallest absolute Gasteiger partial charge is 0.274 e. The number of benzene rings is 1. The lowest BCUT2D eigenvalue weighted by molar-refractivity contribution is 0.0946. The largest absolute Gasteiger partial charge is 0.349 e. The van der Waals surface area contributed by atoms with Crippen LogP contribution in [0.25, 0.3) is 0 Å². The molecule has 6 nitrogen and oxygen atoms in total. The molecule has 1 aromatic carbocycles. The van der Waals surface area contributed by atoms with E-state index in [2.05, 4.69) is 15.6 Å². The summed E-state index contributed by atoms with van der Waals surface area (Å²) in [5.74, 6) is -2.76. The van der Waals surface area contributed by atoms with Crippen molar-refractivity contribution < 1.29 is 18.4 Å². The van der Waals surface area contributed by atoms with Gasteiger partial charge in [0.05, 0.1) is 5.69 Å². The van der Waals surface area contributed by atoms with Gasteiger partial charge in [-0.05, 0) is 38.4 Å². The lowest BCUT2D eigenvalue weighted by atomic mass is 10.2. The summed E-state index contributed by atoms with van der Waals surface area (Å²) in [4.78, 5) is 30.1. The fraction of sp³-hybridized carbons (Fsp3) is 0.235. The molecule has 0 atom stereocenters. The van der Waals surface area contributed by atoms with Crippen LogP contribution in [-0.2, 0) is 0 Å². The molecule has 8 heteroatoms. The molecule has 2 aromatic rings. The molecular formula is C17H18F2N4O2. The highest BCUT2D eigenvalue weighted by Crippen LogP contribution is 2.15. The Hall–Kier alpha value is -2.87. The summed E-state index contributed by atoms with van der Waals surface area (Å²) in [6.07, 6.45) is 0. The molecule has 25 heavy (non-hydrogen) atoms. The van der Waals surface area contributed by atoms with Crippen LogP contribution in [0, 0.1) is 11.6 Å². The third-order valence-corrected chi connectivity index (χ3v) is 3.24. The lowest BCUT2D eigenvalue weighted by Crippen LogP contribution is -2.32. The third kappa shape index (κ3) is 5.32. The summed E-state index contributed by atoms with van der Waals surface area (Å²) < 4.78 is 26.5. The number of likely N-dealkylation sites (N-methyl/N-ethyl adjacent to an activating group) is 1. The highest BCUT2D eigenvalue weighted by molar-refractivity contribution is 6.03. The number of pyridine rings is 1. The predicted molar refractivity (Wildman–Crippen MR) is 89.4 cm³/mol. The molecule has 0 aliphatic rings. The van der Waals surface area contributed by atoms with Crippen LogP contribution in [0.2, 0.25) is 0 Å². The van der Waals surface area contributed by atoms with Crippen molar-refractivity contribution in [1.29, 1.82) is 0 Å². The molecule has 1 aromatic heterocycles. The molecule has 0 saturated carbocycles. The van der Waals surface area contributed by atoms with Crippen LogP contribution in [0.3, 0.4) is 0 Å². The van der Waals surface area contributed by atoms with Crippen molar-refractivity contribution in [2.75, 3.05) is 32.5 Å². The van der Waals surface area contributed by atoms with Crippen molar-refractivity contribution in [1.82, 2.24) is 15.2 Å². The Bertz CT molecular complexity index is 781. The number of halogens is 2. The van der Waals surface area contributed by atoms with Crippen LogP contribution in [-0.4, -0.2) is 48.9 Å². The molecule has 1 heterocycles. The van der Waals surface area contributed by atoms with Crippen LogP contribution >= 0.6 is 0 Å². The van der Waals surface area contributed by atoms with Gasteiger partial charge in [0.25, 0.3) is 11.8 Å². The standard InChI is InChI=1S/C17H18F2N4O2/c1-23(2)9-8-20-16(24)14-4-3-5-15(21-14)17(25)22-13-7-6-11(18)10-12(13)19/h3-7,10H,8-9H2,1-2H3,(H,20,24)(H,22,25). The number of hydrogen-bond acceptors (Lipinski definition) is 4. The van der Waals surface area contributed by atoms with Gasteiger partial charge in [-0.2, -0.15) is 0 Å².